The summed E-state index contributed by atoms with van der Waals surface area (Å²) < 4.78 is 15.0. The Bertz CT molecular complexity index is 1560. The number of carbonyl (C=O) groups is 3. The number of carbonyl (C=O) groups excluding carboxylic acids is 3. The molecule has 3 atom stereocenters. The quantitative estimate of drug-likeness (QED) is 0.303. The summed E-state index contributed by atoms with van der Waals surface area (Å²) in [5.41, 5.74) is 2.03. The molecule has 9 nitrogen and oxygen atoms in total. The third-order valence-corrected chi connectivity index (χ3v) is 9.44. The van der Waals surface area contributed by atoms with Gasteiger partial charge in [-0.05, 0) is 66.0 Å². The Hall–Kier alpha value is -4.21. The second kappa shape index (κ2) is 9.76. The van der Waals surface area contributed by atoms with Gasteiger partial charge in [-0.3, -0.25) is 14.7 Å². The predicted octanol–water partition coefficient (Wildman–Crippen LogP) is 5.16. The first-order chi connectivity index (χ1) is 18.8. The summed E-state index contributed by atoms with van der Waals surface area (Å²) in [6.07, 6.45) is 2.44. The standard InChI is InChI=1S/C30H35FN6O3/c1-15-11-23(30(5,6)29(15,3)4)35-26(38)20-13-17(7-9-21(20)31)25-24(16(2)33-28(40)36-25)27(39)34-19-8-10-22-18(12-19)14-32-37-22/h7-10,12-15,23,25H,11H2,1-6H3,(H,32,37)(H,34,39)(H,35,38)(H2,33,36,40). The number of hydrogen-bond donors (Lipinski definition) is 5. The lowest BCUT2D eigenvalue weighted by atomic mass is 9.66. The molecule has 1 aromatic heterocycles. The monoisotopic (exact) mass is 546 g/mol. The van der Waals surface area contributed by atoms with Gasteiger partial charge in [-0.25, -0.2) is 9.18 Å². The Morgan fingerprint density at radius 3 is 2.50 bits per heavy atom. The van der Waals surface area contributed by atoms with Crippen LogP contribution in [0.3, 0.4) is 0 Å². The number of amides is 4. The van der Waals surface area contributed by atoms with Gasteiger partial charge in [0.15, 0.2) is 0 Å². The number of urea groups is 1. The van der Waals surface area contributed by atoms with Crippen LogP contribution in [0.2, 0.25) is 0 Å². The van der Waals surface area contributed by atoms with Gasteiger partial charge in [0, 0.05) is 22.8 Å². The van der Waals surface area contributed by atoms with Crippen LogP contribution < -0.4 is 21.3 Å². The van der Waals surface area contributed by atoms with E-state index >= 15 is 4.39 Å². The largest absolute Gasteiger partial charge is 0.349 e. The number of anilines is 1. The maximum absolute atomic E-state index is 15.0. The molecule has 0 radical (unpaired) electrons. The van der Waals surface area contributed by atoms with Crippen molar-refractivity contribution in [2.45, 2.75) is 60.0 Å². The van der Waals surface area contributed by atoms with Crippen LogP contribution in [0.1, 0.15) is 69.9 Å². The molecule has 40 heavy (non-hydrogen) atoms. The lowest BCUT2D eigenvalue weighted by Crippen LogP contribution is -2.47. The predicted molar refractivity (Wildman–Crippen MR) is 151 cm³/mol. The van der Waals surface area contributed by atoms with Crippen LogP contribution in [-0.4, -0.2) is 34.1 Å². The number of aromatic amines is 1. The van der Waals surface area contributed by atoms with Gasteiger partial charge < -0.3 is 21.3 Å². The minimum absolute atomic E-state index is 0.0164. The Morgan fingerprint density at radius 2 is 1.80 bits per heavy atom. The average Bonchev–Trinajstić information content (AvgIpc) is 3.40. The van der Waals surface area contributed by atoms with Crippen LogP contribution in [0.5, 0.6) is 0 Å². The van der Waals surface area contributed by atoms with Crippen LogP contribution in [0.4, 0.5) is 14.9 Å². The SMILES string of the molecule is CC1=C(C(=O)Nc2ccc3[nH]ncc3c2)C(c2ccc(F)c(C(=O)NC3CC(C)C(C)(C)C3(C)C)c2)NC(=O)N1. The van der Waals surface area contributed by atoms with Crippen molar-refractivity contribution in [2.75, 3.05) is 5.32 Å². The van der Waals surface area contributed by atoms with E-state index in [1.807, 2.05) is 0 Å². The molecule has 1 saturated carbocycles. The molecule has 2 aliphatic rings. The molecule has 210 valence electrons. The summed E-state index contributed by atoms with van der Waals surface area (Å²) in [7, 11) is 0. The molecule has 0 saturated heterocycles. The van der Waals surface area contributed by atoms with E-state index in [4.69, 9.17) is 0 Å². The third-order valence-electron chi connectivity index (χ3n) is 9.44. The van der Waals surface area contributed by atoms with Crippen molar-refractivity contribution in [3.63, 3.8) is 0 Å². The number of hydrogen-bond acceptors (Lipinski definition) is 4. The van der Waals surface area contributed by atoms with Gasteiger partial charge in [0.1, 0.15) is 5.82 Å². The topological polar surface area (TPSA) is 128 Å². The lowest BCUT2D eigenvalue weighted by Gasteiger charge is -2.41. The van der Waals surface area contributed by atoms with E-state index in [1.165, 1.54) is 18.2 Å². The molecule has 1 aliphatic carbocycles. The zero-order valence-corrected chi connectivity index (χ0v) is 23.5. The number of benzene rings is 2. The lowest BCUT2D eigenvalue weighted by molar-refractivity contribution is -0.113. The van der Waals surface area contributed by atoms with E-state index in [0.29, 0.717) is 22.9 Å². The first kappa shape index (κ1) is 27.4. The minimum atomic E-state index is -0.902. The summed E-state index contributed by atoms with van der Waals surface area (Å²) in [4.78, 5) is 39.3. The molecular formula is C30H35FN6O3. The highest BCUT2D eigenvalue weighted by Gasteiger charge is 2.53. The van der Waals surface area contributed by atoms with Crippen molar-refractivity contribution in [1.29, 1.82) is 0 Å². The van der Waals surface area contributed by atoms with Crippen molar-refractivity contribution in [3.8, 4) is 0 Å². The van der Waals surface area contributed by atoms with Crippen molar-refractivity contribution in [2.24, 2.45) is 16.7 Å². The second-order valence-corrected chi connectivity index (χ2v) is 12.0. The van der Waals surface area contributed by atoms with Crippen LogP contribution in [-0.2, 0) is 4.79 Å². The van der Waals surface area contributed by atoms with E-state index < -0.39 is 29.7 Å². The van der Waals surface area contributed by atoms with Gasteiger partial charge in [-0.15, -0.1) is 0 Å². The molecule has 1 aliphatic heterocycles. The molecule has 3 unspecified atom stereocenters. The van der Waals surface area contributed by atoms with Gasteiger partial charge in [0.05, 0.1) is 28.9 Å². The van der Waals surface area contributed by atoms with Gasteiger partial charge in [-0.1, -0.05) is 40.7 Å². The van der Waals surface area contributed by atoms with Crippen molar-refractivity contribution >= 4 is 34.4 Å². The van der Waals surface area contributed by atoms with E-state index in [0.717, 1.165) is 17.3 Å². The van der Waals surface area contributed by atoms with Crippen molar-refractivity contribution < 1.29 is 18.8 Å². The molecule has 10 heteroatoms. The van der Waals surface area contributed by atoms with E-state index in [2.05, 4.69) is 66.1 Å². The maximum atomic E-state index is 15.0. The Labute approximate surface area is 232 Å². The molecule has 1 fully saturated rings. The van der Waals surface area contributed by atoms with E-state index in [1.54, 1.807) is 31.3 Å². The normalized spacial score (nSPS) is 23.5. The zero-order valence-electron chi connectivity index (χ0n) is 23.5. The number of rotatable bonds is 5. The molecular weight excluding hydrogens is 511 g/mol. The highest BCUT2D eigenvalue weighted by Crippen LogP contribution is 2.55. The smallest absolute Gasteiger partial charge is 0.319 e. The van der Waals surface area contributed by atoms with E-state index in [9.17, 15) is 14.4 Å². The minimum Gasteiger partial charge on any atom is -0.349 e. The molecule has 4 amide bonds. The van der Waals surface area contributed by atoms with Gasteiger partial charge in [0.2, 0.25) is 0 Å². The fourth-order valence-corrected chi connectivity index (χ4v) is 5.86. The fourth-order valence-electron chi connectivity index (χ4n) is 5.86. The maximum Gasteiger partial charge on any atom is 0.319 e. The van der Waals surface area contributed by atoms with Gasteiger partial charge in [0.25, 0.3) is 11.8 Å². The summed E-state index contributed by atoms with van der Waals surface area (Å²) in [6.45, 7) is 12.4. The molecule has 5 rings (SSSR count). The first-order valence-electron chi connectivity index (χ1n) is 13.4. The van der Waals surface area contributed by atoms with Gasteiger partial charge >= 0.3 is 6.03 Å². The van der Waals surface area contributed by atoms with Crippen LogP contribution in [0, 0.1) is 22.6 Å². The Morgan fingerprint density at radius 1 is 1.05 bits per heavy atom. The molecule has 2 heterocycles. The Balaban J connectivity index is 1.43. The summed E-state index contributed by atoms with van der Waals surface area (Å²) in [6, 6.07) is 7.87. The zero-order chi connectivity index (χ0) is 29.0. The molecule has 5 N–H and O–H groups in total. The second-order valence-electron chi connectivity index (χ2n) is 12.0. The summed E-state index contributed by atoms with van der Waals surface area (Å²) in [5, 5.41) is 19.0. The Kier molecular flexibility index (Phi) is 6.68. The number of nitrogens with one attached hydrogen (secondary N) is 5. The van der Waals surface area contributed by atoms with Crippen LogP contribution in [0.15, 0.2) is 53.9 Å². The summed E-state index contributed by atoms with van der Waals surface area (Å²) >= 11 is 0. The fraction of sp³-hybridized carbons (Fsp3) is 0.400. The summed E-state index contributed by atoms with van der Waals surface area (Å²) in [5.74, 6) is -1.28. The molecule has 2 aromatic carbocycles. The van der Waals surface area contributed by atoms with Crippen molar-refractivity contribution in [3.05, 3.63) is 70.8 Å². The number of halogens is 1. The van der Waals surface area contributed by atoms with Crippen molar-refractivity contribution in [1.82, 2.24) is 26.1 Å². The highest BCUT2D eigenvalue weighted by molar-refractivity contribution is 6.07. The highest BCUT2D eigenvalue weighted by atomic mass is 19.1. The average molecular weight is 547 g/mol. The number of fused-ring (bicyclic) bond motifs is 1. The third kappa shape index (κ3) is 4.61. The van der Waals surface area contributed by atoms with Gasteiger partial charge in [-0.2, -0.15) is 5.10 Å². The number of nitrogens with zero attached hydrogens (tertiary/aromatic N) is 1. The number of aromatic nitrogens is 2. The van der Waals surface area contributed by atoms with Crippen LogP contribution >= 0.6 is 0 Å². The first-order valence-corrected chi connectivity index (χ1v) is 13.4. The molecule has 0 spiro atoms. The molecule has 3 aromatic rings. The number of allylic oxidation sites excluding steroid dienone is 1. The number of H-pyrrole nitrogens is 1. The van der Waals surface area contributed by atoms with E-state index in [-0.39, 0.29) is 28.0 Å². The molecule has 0 bridgehead atoms. The van der Waals surface area contributed by atoms with Crippen LogP contribution in [0.25, 0.3) is 10.9 Å².